The molecule has 1 aromatic heterocycles. The number of carbonyl (C=O) groups is 2. The Balaban J connectivity index is 1.48. The first kappa shape index (κ1) is 22.8. The standard InChI is InChI=1S/C18H18F3N3O3S3/c19-18(20,21)30-13-4-1-11(2-5-13)22-9-12-3-6-15(25)24(12)7-8-28-17-23-14(10-29-17)16(26)27/h1-2,4-5,10,12,22H,3,6-9H2,(H,26,27)/t12-/m1/s1. The van der Waals surface area contributed by atoms with Gasteiger partial charge in [-0.1, -0.05) is 11.8 Å². The highest BCUT2D eigenvalue weighted by Gasteiger charge is 2.31. The van der Waals surface area contributed by atoms with E-state index in [1.165, 1.54) is 40.6 Å². The van der Waals surface area contributed by atoms with Gasteiger partial charge in [0, 0.05) is 47.3 Å². The molecule has 3 rings (SSSR count). The van der Waals surface area contributed by atoms with Gasteiger partial charge in [0.1, 0.15) is 0 Å². The molecule has 0 radical (unpaired) electrons. The molecule has 1 fully saturated rings. The Hall–Kier alpha value is -1.92. The minimum absolute atomic E-state index is 0.00629. The van der Waals surface area contributed by atoms with E-state index in [1.54, 1.807) is 17.0 Å². The number of carboxylic acid groups (broad SMARTS) is 1. The van der Waals surface area contributed by atoms with Gasteiger partial charge in [0.05, 0.1) is 0 Å². The lowest BCUT2D eigenvalue weighted by Crippen LogP contribution is -2.39. The second kappa shape index (κ2) is 9.92. The molecule has 2 aromatic rings. The van der Waals surface area contributed by atoms with Gasteiger partial charge < -0.3 is 15.3 Å². The number of thioether (sulfide) groups is 2. The van der Waals surface area contributed by atoms with Crippen LogP contribution < -0.4 is 5.32 Å². The number of hydrogen-bond acceptors (Lipinski definition) is 7. The van der Waals surface area contributed by atoms with E-state index < -0.39 is 11.5 Å². The van der Waals surface area contributed by atoms with Gasteiger partial charge in [-0.25, -0.2) is 9.78 Å². The average molecular weight is 478 g/mol. The summed E-state index contributed by atoms with van der Waals surface area (Å²) < 4.78 is 37.8. The van der Waals surface area contributed by atoms with Crippen LogP contribution in [0.2, 0.25) is 0 Å². The van der Waals surface area contributed by atoms with Crippen LogP contribution in [0.15, 0.2) is 38.9 Å². The predicted octanol–water partition coefficient (Wildman–Crippen LogP) is 4.65. The second-order valence-electron chi connectivity index (χ2n) is 6.38. The van der Waals surface area contributed by atoms with E-state index in [1.807, 2.05) is 0 Å². The molecule has 1 aromatic carbocycles. The van der Waals surface area contributed by atoms with Crippen molar-refractivity contribution in [2.24, 2.45) is 0 Å². The van der Waals surface area contributed by atoms with E-state index in [2.05, 4.69) is 10.3 Å². The predicted molar refractivity (Wildman–Crippen MR) is 111 cm³/mol. The van der Waals surface area contributed by atoms with Gasteiger partial charge in [-0.3, -0.25) is 4.79 Å². The summed E-state index contributed by atoms with van der Waals surface area (Å²) in [6.07, 6.45) is 1.16. The van der Waals surface area contributed by atoms with Crippen molar-refractivity contribution in [1.82, 2.24) is 9.88 Å². The Morgan fingerprint density at radius 2 is 2.07 bits per heavy atom. The Bertz CT molecular complexity index is 890. The molecule has 162 valence electrons. The zero-order valence-electron chi connectivity index (χ0n) is 15.5. The molecule has 1 aliphatic heterocycles. The fourth-order valence-corrected chi connectivity index (χ4v) is 5.32. The third kappa shape index (κ3) is 6.54. The second-order valence-corrected chi connectivity index (χ2v) is 9.72. The highest BCUT2D eigenvalue weighted by Crippen LogP contribution is 2.37. The number of thiazole rings is 1. The molecule has 6 nitrogen and oxygen atoms in total. The van der Waals surface area contributed by atoms with Crippen molar-refractivity contribution >= 4 is 52.4 Å². The first-order valence-corrected chi connectivity index (χ1v) is 11.6. The number of alkyl halides is 3. The summed E-state index contributed by atoms with van der Waals surface area (Å²) in [4.78, 5) is 29.0. The SMILES string of the molecule is O=C(O)c1csc(SCCN2C(=O)CC[C@@H]2CNc2ccc(SC(F)(F)F)cc2)n1. The van der Waals surface area contributed by atoms with Crippen LogP contribution >= 0.6 is 34.9 Å². The zero-order chi connectivity index (χ0) is 21.7. The van der Waals surface area contributed by atoms with E-state index in [-0.39, 0.29) is 34.3 Å². The number of benzene rings is 1. The van der Waals surface area contributed by atoms with Gasteiger partial charge in [-0.2, -0.15) is 13.2 Å². The maximum absolute atomic E-state index is 12.4. The first-order valence-electron chi connectivity index (χ1n) is 8.92. The number of likely N-dealkylation sites (tertiary alicyclic amines) is 1. The van der Waals surface area contributed by atoms with Gasteiger partial charge >= 0.3 is 11.5 Å². The number of anilines is 1. The number of halogens is 3. The summed E-state index contributed by atoms with van der Waals surface area (Å²) in [7, 11) is 0. The molecule has 1 amide bonds. The van der Waals surface area contributed by atoms with Crippen LogP contribution in [0, 0.1) is 0 Å². The quantitative estimate of drug-likeness (QED) is 0.509. The van der Waals surface area contributed by atoms with Crippen LogP contribution in [0.3, 0.4) is 0 Å². The minimum atomic E-state index is -4.31. The number of nitrogens with zero attached hydrogens (tertiary/aromatic N) is 2. The van der Waals surface area contributed by atoms with Crippen LogP contribution in [0.25, 0.3) is 0 Å². The number of rotatable bonds is 9. The summed E-state index contributed by atoms with van der Waals surface area (Å²) in [5.74, 6) is -0.410. The summed E-state index contributed by atoms with van der Waals surface area (Å²) >= 11 is 2.51. The van der Waals surface area contributed by atoms with Crippen molar-refractivity contribution in [3.05, 3.63) is 35.3 Å². The molecule has 0 saturated carbocycles. The number of aromatic nitrogens is 1. The molecule has 30 heavy (non-hydrogen) atoms. The lowest BCUT2D eigenvalue weighted by molar-refractivity contribution is -0.128. The first-order chi connectivity index (χ1) is 14.2. The van der Waals surface area contributed by atoms with E-state index in [9.17, 15) is 22.8 Å². The smallest absolute Gasteiger partial charge is 0.446 e. The minimum Gasteiger partial charge on any atom is -0.476 e. The van der Waals surface area contributed by atoms with Crippen molar-refractivity contribution in [3.8, 4) is 0 Å². The Morgan fingerprint density at radius 1 is 1.33 bits per heavy atom. The molecule has 0 spiro atoms. The lowest BCUT2D eigenvalue weighted by atomic mass is 10.2. The third-order valence-corrected chi connectivity index (χ3v) is 7.08. The molecule has 1 saturated heterocycles. The van der Waals surface area contributed by atoms with Crippen LogP contribution in [0.1, 0.15) is 23.3 Å². The van der Waals surface area contributed by atoms with Gasteiger partial charge in [0.2, 0.25) is 5.91 Å². The molecular formula is C18H18F3N3O3S3. The Kier molecular flexibility index (Phi) is 7.53. The highest BCUT2D eigenvalue weighted by molar-refractivity contribution is 8.01. The highest BCUT2D eigenvalue weighted by atomic mass is 32.2. The maximum atomic E-state index is 12.4. The monoisotopic (exact) mass is 477 g/mol. The fraction of sp³-hybridized carbons (Fsp3) is 0.389. The Morgan fingerprint density at radius 3 is 2.70 bits per heavy atom. The van der Waals surface area contributed by atoms with Crippen molar-refractivity contribution in [1.29, 1.82) is 0 Å². The third-order valence-electron chi connectivity index (χ3n) is 4.34. The summed E-state index contributed by atoms with van der Waals surface area (Å²) in [5.41, 5.74) is -3.61. The number of aromatic carboxylic acids is 1. The molecule has 2 N–H and O–H groups in total. The molecule has 12 heteroatoms. The van der Waals surface area contributed by atoms with Gasteiger partial charge in [-0.15, -0.1) is 11.3 Å². The number of nitrogens with one attached hydrogen (secondary N) is 1. The Labute approximate surface area is 183 Å². The number of amides is 1. The van der Waals surface area contributed by atoms with Crippen molar-refractivity contribution in [3.63, 3.8) is 0 Å². The number of carboxylic acids is 1. The average Bonchev–Trinajstić information content (AvgIpc) is 3.28. The van der Waals surface area contributed by atoms with Crippen molar-refractivity contribution in [2.75, 3.05) is 24.2 Å². The molecule has 2 heterocycles. The number of carbonyl (C=O) groups excluding carboxylic acids is 1. The number of hydrogen-bond donors (Lipinski definition) is 2. The van der Waals surface area contributed by atoms with Crippen molar-refractivity contribution in [2.45, 2.75) is 33.6 Å². The van der Waals surface area contributed by atoms with Crippen LogP contribution in [-0.4, -0.2) is 57.3 Å². The van der Waals surface area contributed by atoms with Crippen LogP contribution in [-0.2, 0) is 4.79 Å². The van der Waals surface area contributed by atoms with Crippen LogP contribution in [0.5, 0.6) is 0 Å². The summed E-state index contributed by atoms with van der Waals surface area (Å²) in [5, 5.41) is 13.6. The van der Waals surface area contributed by atoms with E-state index in [0.29, 0.717) is 41.7 Å². The van der Waals surface area contributed by atoms with Crippen LogP contribution in [0.4, 0.5) is 18.9 Å². The van der Waals surface area contributed by atoms with Crippen molar-refractivity contribution < 1.29 is 27.9 Å². The molecule has 1 atom stereocenters. The molecule has 0 aliphatic carbocycles. The van der Waals surface area contributed by atoms with E-state index in [4.69, 9.17) is 5.11 Å². The molecule has 0 unspecified atom stereocenters. The summed E-state index contributed by atoms with van der Waals surface area (Å²) in [6.45, 7) is 1.02. The zero-order valence-corrected chi connectivity index (χ0v) is 18.0. The van der Waals surface area contributed by atoms with E-state index >= 15 is 0 Å². The summed E-state index contributed by atoms with van der Waals surface area (Å²) in [6, 6.07) is 6.00. The fourth-order valence-electron chi connectivity index (χ4n) is 2.98. The van der Waals surface area contributed by atoms with Gasteiger partial charge in [0.25, 0.3) is 0 Å². The largest absolute Gasteiger partial charge is 0.476 e. The maximum Gasteiger partial charge on any atom is 0.446 e. The lowest BCUT2D eigenvalue weighted by Gasteiger charge is -2.25. The van der Waals surface area contributed by atoms with Gasteiger partial charge in [0.15, 0.2) is 10.0 Å². The van der Waals surface area contributed by atoms with Gasteiger partial charge in [-0.05, 0) is 42.4 Å². The normalized spacial score (nSPS) is 16.8. The van der Waals surface area contributed by atoms with E-state index in [0.717, 1.165) is 0 Å². The molecular weight excluding hydrogens is 459 g/mol. The molecule has 1 aliphatic rings. The topological polar surface area (TPSA) is 82.5 Å². The molecule has 0 bridgehead atoms.